The van der Waals surface area contributed by atoms with Crippen molar-refractivity contribution in [3.63, 3.8) is 0 Å². The fraction of sp³-hybridized carbons (Fsp3) is 0.921. The van der Waals surface area contributed by atoms with Crippen LogP contribution < -0.4 is 0 Å². The van der Waals surface area contributed by atoms with Crippen molar-refractivity contribution in [2.45, 2.75) is 361 Å². The van der Waals surface area contributed by atoms with E-state index < -0.39 is 6.10 Å². The molecule has 6 heteroatoms. The molecule has 69 heavy (non-hydrogen) atoms. The lowest BCUT2D eigenvalue weighted by atomic mass is 10.0. The molecule has 0 heterocycles. The second-order valence-corrected chi connectivity index (χ2v) is 21.3. The summed E-state index contributed by atoms with van der Waals surface area (Å²) in [4.78, 5) is 37.7. The molecule has 408 valence electrons. The Hall–Kier alpha value is -1.85. The average Bonchev–Trinajstić information content (AvgIpc) is 3.35. The Morgan fingerprint density at radius 3 is 0.754 bits per heavy atom. The summed E-state index contributed by atoms with van der Waals surface area (Å²) in [7, 11) is 0. The minimum atomic E-state index is -0.766. The van der Waals surface area contributed by atoms with Gasteiger partial charge >= 0.3 is 17.9 Å². The molecule has 1 atom stereocenters. The Bertz CT molecular complexity index is 1070. The van der Waals surface area contributed by atoms with Crippen molar-refractivity contribution in [1.29, 1.82) is 0 Å². The molecule has 0 aliphatic carbocycles. The number of hydrogen-bond acceptors (Lipinski definition) is 6. The van der Waals surface area contributed by atoms with Crippen LogP contribution in [0.3, 0.4) is 0 Å². The zero-order valence-corrected chi connectivity index (χ0v) is 46.9. The molecule has 0 aromatic heterocycles. The Labute approximate surface area is 431 Å². The SMILES string of the molecule is CCCCC/C=C\CCCCCCCC(=O)OC(COC(=O)CCCCCCC)COC(=O)CCCCCCCCCCCCCCCCCCCCCCCCCCCCCCCCCCCC. The zero-order valence-electron chi connectivity index (χ0n) is 46.9. The predicted octanol–water partition coefficient (Wildman–Crippen LogP) is 20.9. The molecule has 0 aliphatic heterocycles. The molecule has 0 amide bonds. The molecule has 0 aromatic rings. The van der Waals surface area contributed by atoms with Crippen LogP contribution >= 0.6 is 0 Å². The maximum absolute atomic E-state index is 12.7. The van der Waals surface area contributed by atoms with Gasteiger partial charge in [-0.3, -0.25) is 14.4 Å². The highest BCUT2D eigenvalue weighted by Crippen LogP contribution is 2.18. The van der Waals surface area contributed by atoms with Gasteiger partial charge in [0, 0.05) is 19.3 Å². The normalized spacial score (nSPS) is 12.0. The fourth-order valence-electron chi connectivity index (χ4n) is 9.56. The highest BCUT2D eigenvalue weighted by molar-refractivity contribution is 5.71. The van der Waals surface area contributed by atoms with Crippen molar-refractivity contribution in [2.24, 2.45) is 0 Å². The van der Waals surface area contributed by atoms with Crippen LogP contribution in [0, 0.1) is 0 Å². The van der Waals surface area contributed by atoms with Crippen LogP contribution in [-0.4, -0.2) is 37.2 Å². The lowest BCUT2D eigenvalue weighted by molar-refractivity contribution is -0.167. The van der Waals surface area contributed by atoms with Crippen LogP contribution in [0.15, 0.2) is 12.2 Å². The van der Waals surface area contributed by atoms with E-state index in [0.717, 1.165) is 70.6 Å². The number of unbranched alkanes of at least 4 members (excludes halogenated alkanes) is 45. The smallest absolute Gasteiger partial charge is 0.306 e. The van der Waals surface area contributed by atoms with Crippen LogP contribution in [0.2, 0.25) is 0 Å². The maximum Gasteiger partial charge on any atom is 0.306 e. The first-order valence-corrected chi connectivity index (χ1v) is 31.2. The summed E-state index contributed by atoms with van der Waals surface area (Å²) in [5.74, 6) is -0.875. The number of esters is 3. The quantitative estimate of drug-likeness (QED) is 0.0261. The Morgan fingerprint density at radius 1 is 0.275 bits per heavy atom. The van der Waals surface area contributed by atoms with Crippen LogP contribution in [0.5, 0.6) is 0 Å². The summed E-state index contributed by atoms with van der Waals surface area (Å²) in [6.07, 6.45) is 68.7. The monoisotopic (exact) mass is 973 g/mol. The molecule has 0 radical (unpaired) electrons. The summed E-state index contributed by atoms with van der Waals surface area (Å²) in [5.41, 5.74) is 0. The number of carbonyl (C=O) groups is 3. The van der Waals surface area contributed by atoms with Crippen molar-refractivity contribution in [2.75, 3.05) is 13.2 Å². The topological polar surface area (TPSA) is 78.9 Å². The van der Waals surface area contributed by atoms with Crippen molar-refractivity contribution in [3.8, 4) is 0 Å². The average molecular weight is 974 g/mol. The molecule has 0 saturated heterocycles. The van der Waals surface area contributed by atoms with Gasteiger partial charge in [0.05, 0.1) is 0 Å². The minimum absolute atomic E-state index is 0.0695. The number of carbonyl (C=O) groups excluding carboxylic acids is 3. The van der Waals surface area contributed by atoms with Gasteiger partial charge in [0.25, 0.3) is 0 Å². The van der Waals surface area contributed by atoms with E-state index in [1.54, 1.807) is 0 Å². The third-order valence-electron chi connectivity index (χ3n) is 14.3. The molecule has 0 N–H and O–H groups in total. The van der Waals surface area contributed by atoms with Crippen LogP contribution in [0.4, 0.5) is 0 Å². The van der Waals surface area contributed by atoms with Gasteiger partial charge in [-0.05, 0) is 44.9 Å². The van der Waals surface area contributed by atoms with Crippen molar-refractivity contribution >= 4 is 17.9 Å². The summed E-state index contributed by atoms with van der Waals surface area (Å²) in [6.45, 7) is 6.57. The summed E-state index contributed by atoms with van der Waals surface area (Å²) < 4.78 is 16.7. The molecule has 0 bridgehead atoms. The Morgan fingerprint density at radius 2 is 0.478 bits per heavy atom. The van der Waals surface area contributed by atoms with Gasteiger partial charge in [-0.1, -0.05) is 303 Å². The molecule has 1 unspecified atom stereocenters. The van der Waals surface area contributed by atoms with Gasteiger partial charge in [0.15, 0.2) is 6.10 Å². The third-order valence-corrected chi connectivity index (χ3v) is 14.3. The number of rotatable bonds is 58. The van der Waals surface area contributed by atoms with E-state index in [0.29, 0.717) is 19.3 Å². The van der Waals surface area contributed by atoms with E-state index in [9.17, 15) is 14.4 Å². The molecular weight excluding hydrogens is 853 g/mol. The molecule has 6 nitrogen and oxygen atoms in total. The number of hydrogen-bond donors (Lipinski definition) is 0. The van der Waals surface area contributed by atoms with E-state index in [4.69, 9.17) is 14.2 Å². The van der Waals surface area contributed by atoms with Gasteiger partial charge in [0.2, 0.25) is 0 Å². The lowest BCUT2D eigenvalue weighted by Crippen LogP contribution is -2.30. The van der Waals surface area contributed by atoms with E-state index >= 15 is 0 Å². The van der Waals surface area contributed by atoms with Crippen LogP contribution in [0.1, 0.15) is 355 Å². The highest BCUT2D eigenvalue weighted by atomic mass is 16.6. The van der Waals surface area contributed by atoms with Gasteiger partial charge in [0.1, 0.15) is 13.2 Å². The van der Waals surface area contributed by atoms with Gasteiger partial charge in [-0.25, -0.2) is 0 Å². The van der Waals surface area contributed by atoms with Crippen molar-refractivity contribution in [3.05, 3.63) is 12.2 Å². The van der Waals surface area contributed by atoms with Gasteiger partial charge in [-0.2, -0.15) is 0 Å². The highest BCUT2D eigenvalue weighted by Gasteiger charge is 2.19. The predicted molar refractivity (Wildman–Crippen MR) is 298 cm³/mol. The standard InChI is InChI=1S/C63H120O6/c1-4-7-10-13-15-17-19-21-22-23-24-25-26-27-28-29-30-31-32-33-34-35-36-37-38-39-40-41-42-44-45-47-50-53-56-62(65)68-59-60(58-67-61(64)55-52-49-12-9-6-3)69-63(66)57-54-51-48-46-43-20-18-16-14-11-8-5-2/h16,18,60H,4-15,17,19-59H2,1-3H3/b18-16-. The molecular formula is C63H120O6. The van der Waals surface area contributed by atoms with Gasteiger partial charge < -0.3 is 14.2 Å². The Balaban J connectivity index is 3.79. The van der Waals surface area contributed by atoms with E-state index in [1.165, 1.54) is 244 Å². The first-order chi connectivity index (χ1) is 34.0. The maximum atomic E-state index is 12.7. The van der Waals surface area contributed by atoms with Crippen molar-refractivity contribution < 1.29 is 28.6 Å². The number of ether oxygens (including phenoxy) is 3. The van der Waals surface area contributed by atoms with Crippen molar-refractivity contribution in [1.82, 2.24) is 0 Å². The largest absolute Gasteiger partial charge is 0.462 e. The summed E-state index contributed by atoms with van der Waals surface area (Å²) in [6, 6.07) is 0. The first-order valence-electron chi connectivity index (χ1n) is 31.2. The fourth-order valence-corrected chi connectivity index (χ4v) is 9.56. The van der Waals surface area contributed by atoms with Gasteiger partial charge in [-0.15, -0.1) is 0 Å². The van der Waals surface area contributed by atoms with E-state index in [-0.39, 0.29) is 31.1 Å². The molecule has 0 fully saturated rings. The summed E-state index contributed by atoms with van der Waals surface area (Å²) >= 11 is 0. The lowest BCUT2D eigenvalue weighted by Gasteiger charge is -2.18. The van der Waals surface area contributed by atoms with Crippen LogP contribution in [0.25, 0.3) is 0 Å². The molecule has 0 aliphatic rings. The molecule has 0 saturated carbocycles. The number of allylic oxidation sites excluding steroid dienone is 2. The second kappa shape index (κ2) is 58.7. The second-order valence-electron chi connectivity index (χ2n) is 21.3. The minimum Gasteiger partial charge on any atom is -0.462 e. The molecule has 0 spiro atoms. The molecule has 0 rings (SSSR count). The summed E-state index contributed by atoms with van der Waals surface area (Å²) in [5, 5.41) is 0. The van der Waals surface area contributed by atoms with Crippen LogP contribution in [-0.2, 0) is 28.6 Å². The molecule has 0 aromatic carbocycles. The zero-order chi connectivity index (χ0) is 50.0. The third kappa shape index (κ3) is 56.9. The Kier molecular flexibility index (Phi) is 57.1. The van der Waals surface area contributed by atoms with E-state index in [2.05, 4.69) is 32.9 Å². The van der Waals surface area contributed by atoms with E-state index in [1.807, 2.05) is 0 Å². The first kappa shape index (κ1) is 67.1.